The molecule has 8 heteroatoms. The van der Waals surface area contributed by atoms with Crippen LogP contribution in [0, 0.1) is 5.82 Å². The topological polar surface area (TPSA) is 97.8 Å². The van der Waals surface area contributed by atoms with Crippen molar-refractivity contribution in [2.45, 2.75) is 12.5 Å². The van der Waals surface area contributed by atoms with Crippen LogP contribution in [0.1, 0.15) is 16.8 Å². The Morgan fingerprint density at radius 3 is 2.72 bits per heavy atom. The predicted octanol–water partition coefficient (Wildman–Crippen LogP) is 3.62. The fraction of sp³-hybridized carbons (Fsp3) is 0.167. The van der Waals surface area contributed by atoms with Gasteiger partial charge in [0.2, 0.25) is 5.43 Å². The number of ether oxygens (including phenoxy) is 1. The molecule has 1 unspecified atom stereocenters. The van der Waals surface area contributed by atoms with Gasteiger partial charge >= 0.3 is 5.97 Å². The maximum atomic E-state index is 15.4. The normalized spacial score (nSPS) is 16.9. The van der Waals surface area contributed by atoms with Gasteiger partial charge in [-0.2, -0.15) is 0 Å². The number of fused-ring (bicyclic) bond motifs is 4. The number of aromatic carboxylic acids is 1. The summed E-state index contributed by atoms with van der Waals surface area (Å²) in [6.45, 7) is 1.01. The molecule has 2 aliphatic rings. The van der Waals surface area contributed by atoms with E-state index in [1.54, 1.807) is 4.57 Å². The molecule has 32 heavy (non-hydrogen) atoms. The summed E-state index contributed by atoms with van der Waals surface area (Å²) < 4.78 is 23.4. The van der Waals surface area contributed by atoms with Crippen LogP contribution in [0.2, 0.25) is 0 Å². The molecule has 0 amide bonds. The lowest BCUT2D eigenvalue weighted by Gasteiger charge is -2.29. The number of hydrogen-bond donors (Lipinski definition) is 2. The van der Waals surface area contributed by atoms with Crippen LogP contribution >= 0.6 is 0 Å². The smallest absolute Gasteiger partial charge is 0.341 e. The Balaban J connectivity index is 1.77. The molecule has 4 aromatic rings. The summed E-state index contributed by atoms with van der Waals surface area (Å²) >= 11 is 0. The zero-order valence-corrected chi connectivity index (χ0v) is 16.8. The number of rotatable bonds is 2. The van der Waals surface area contributed by atoms with Crippen molar-refractivity contribution >= 4 is 33.3 Å². The van der Waals surface area contributed by atoms with Gasteiger partial charge < -0.3 is 25.0 Å². The summed E-state index contributed by atoms with van der Waals surface area (Å²) in [5.74, 6) is -1.33. The van der Waals surface area contributed by atoms with Crippen molar-refractivity contribution in [3.63, 3.8) is 0 Å². The molecule has 3 heterocycles. The minimum Gasteiger partial charge on any atom is -0.477 e. The summed E-state index contributed by atoms with van der Waals surface area (Å²) in [5.41, 5.74) is 6.05. The fourth-order valence-corrected chi connectivity index (χ4v) is 4.77. The monoisotopic (exact) mass is 431 g/mol. The number of anilines is 1. The first-order valence-electron chi connectivity index (χ1n) is 10.3. The van der Waals surface area contributed by atoms with Crippen LogP contribution in [-0.4, -0.2) is 34.8 Å². The molecular formula is C24H18FN3O4. The molecule has 0 spiro atoms. The maximum absolute atomic E-state index is 15.4. The molecule has 1 aromatic heterocycles. The Morgan fingerprint density at radius 1 is 1.16 bits per heavy atom. The van der Waals surface area contributed by atoms with E-state index in [-0.39, 0.29) is 22.9 Å². The van der Waals surface area contributed by atoms with Gasteiger partial charge in [0, 0.05) is 30.7 Å². The minimum atomic E-state index is -1.37. The number of carbonyl (C=O) groups is 1. The lowest BCUT2D eigenvalue weighted by atomic mass is 10.0. The van der Waals surface area contributed by atoms with Crippen molar-refractivity contribution in [2.24, 2.45) is 5.73 Å². The van der Waals surface area contributed by atoms with Crippen molar-refractivity contribution in [1.29, 1.82) is 0 Å². The van der Waals surface area contributed by atoms with Gasteiger partial charge in [-0.15, -0.1) is 0 Å². The van der Waals surface area contributed by atoms with Crippen molar-refractivity contribution < 1.29 is 19.0 Å². The highest BCUT2D eigenvalue weighted by Gasteiger charge is 2.33. The number of nitrogens with zero attached hydrogens (tertiary/aromatic N) is 2. The molecule has 3 aromatic carbocycles. The lowest BCUT2D eigenvalue weighted by molar-refractivity contribution is 0.0695. The van der Waals surface area contributed by atoms with E-state index in [2.05, 4.69) is 0 Å². The summed E-state index contributed by atoms with van der Waals surface area (Å²) in [6.07, 6.45) is 2.01. The van der Waals surface area contributed by atoms with Crippen LogP contribution < -0.4 is 20.8 Å². The van der Waals surface area contributed by atoms with Crippen LogP contribution in [0.4, 0.5) is 10.1 Å². The summed E-state index contributed by atoms with van der Waals surface area (Å²) in [6, 6.07) is 12.3. The van der Waals surface area contributed by atoms with Gasteiger partial charge in [0.1, 0.15) is 16.8 Å². The number of hydrogen-bond acceptors (Lipinski definition) is 5. The van der Waals surface area contributed by atoms with E-state index in [4.69, 9.17) is 10.5 Å². The highest BCUT2D eigenvalue weighted by molar-refractivity contribution is 6.01. The Kier molecular flexibility index (Phi) is 3.85. The highest BCUT2D eigenvalue weighted by atomic mass is 19.1. The molecule has 1 saturated heterocycles. The van der Waals surface area contributed by atoms with Gasteiger partial charge in [-0.05, 0) is 23.9 Å². The quantitative estimate of drug-likeness (QED) is 0.443. The molecule has 2 aliphatic heterocycles. The fourth-order valence-electron chi connectivity index (χ4n) is 4.77. The zero-order valence-electron chi connectivity index (χ0n) is 16.8. The average molecular weight is 431 g/mol. The Hall–Kier alpha value is -3.91. The van der Waals surface area contributed by atoms with Crippen molar-refractivity contribution in [1.82, 2.24) is 4.57 Å². The summed E-state index contributed by atoms with van der Waals surface area (Å²) in [4.78, 5) is 26.5. The molecule has 1 fully saturated rings. The van der Waals surface area contributed by atoms with Crippen LogP contribution in [0.15, 0.2) is 53.5 Å². The van der Waals surface area contributed by atoms with E-state index >= 15 is 4.39 Å². The third kappa shape index (κ3) is 2.50. The third-order valence-corrected chi connectivity index (χ3v) is 6.26. The molecule has 160 valence electrons. The van der Waals surface area contributed by atoms with E-state index < -0.39 is 22.8 Å². The molecule has 6 rings (SSSR count). The molecule has 0 aliphatic carbocycles. The molecule has 0 radical (unpaired) electrons. The Bertz CT molecular complexity index is 1530. The van der Waals surface area contributed by atoms with Gasteiger partial charge in [-0.25, -0.2) is 9.18 Å². The van der Waals surface area contributed by atoms with E-state index in [9.17, 15) is 14.7 Å². The largest absolute Gasteiger partial charge is 0.477 e. The van der Waals surface area contributed by atoms with E-state index in [0.29, 0.717) is 36.5 Å². The standard InChI is InChI=1S/C24H18FN3O4/c25-17-9-15-19-23(20(17)27-8-7-13(26)10-27)32-22-14-4-2-1-3-12(14)5-6-18(22)28(19)11-16(21(15)29)24(30)31/h1-6,9,11,13H,7-8,10,26H2,(H,30,31). The van der Waals surface area contributed by atoms with Crippen molar-refractivity contribution in [3.05, 3.63) is 70.3 Å². The first kappa shape index (κ1) is 18.8. The summed E-state index contributed by atoms with van der Waals surface area (Å²) in [7, 11) is 0. The molecule has 7 nitrogen and oxygen atoms in total. The maximum Gasteiger partial charge on any atom is 0.341 e. The van der Waals surface area contributed by atoms with Gasteiger partial charge in [-0.1, -0.05) is 30.3 Å². The van der Waals surface area contributed by atoms with Gasteiger partial charge in [0.25, 0.3) is 0 Å². The minimum absolute atomic E-state index is 0.0385. The number of carboxylic acids is 1. The van der Waals surface area contributed by atoms with Crippen molar-refractivity contribution in [3.8, 4) is 17.2 Å². The van der Waals surface area contributed by atoms with Crippen LogP contribution in [-0.2, 0) is 0 Å². The number of halogens is 1. The van der Waals surface area contributed by atoms with Crippen LogP contribution in [0.5, 0.6) is 11.5 Å². The van der Waals surface area contributed by atoms with Gasteiger partial charge in [0.15, 0.2) is 17.3 Å². The average Bonchev–Trinajstić information content (AvgIpc) is 3.20. The second-order valence-corrected chi connectivity index (χ2v) is 8.21. The van der Waals surface area contributed by atoms with Crippen LogP contribution in [0.3, 0.4) is 0 Å². The Labute approximate surface area is 181 Å². The lowest BCUT2D eigenvalue weighted by Crippen LogP contribution is -2.28. The number of carboxylic acid groups (broad SMARTS) is 1. The van der Waals surface area contributed by atoms with Gasteiger partial charge in [0.05, 0.1) is 11.1 Å². The number of benzene rings is 3. The molecule has 3 N–H and O–H groups in total. The van der Waals surface area contributed by atoms with Crippen molar-refractivity contribution in [2.75, 3.05) is 18.0 Å². The van der Waals surface area contributed by atoms with E-state index in [1.807, 2.05) is 41.3 Å². The first-order chi connectivity index (χ1) is 15.4. The number of aromatic nitrogens is 1. The van der Waals surface area contributed by atoms with E-state index in [1.165, 1.54) is 6.20 Å². The van der Waals surface area contributed by atoms with Gasteiger partial charge in [-0.3, -0.25) is 4.79 Å². The first-order valence-corrected chi connectivity index (χ1v) is 10.3. The molecule has 0 bridgehead atoms. The molecule has 0 saturated carbocycles. The number of pyridine rings is 1. The predicted molar refractivity (Wildman–Crippen MR) is 119 cm³/mol. The van der Waals surface area contributed by atoms with Crippen LogP contribution in [0.25, 0.3) is 27.4 Å². The second-order valence-electron chi connectivity index (χ2n) is 8.21. The molecular weight excluding hydrogens is 413 g/mol. The highest BCUT2D eigenvalue weighted by Crippen LogP contribution is 2.49. The second kappa shape index (κ2) is 6.54. The number of nitrogens with two attached hydrogens (primary N) is 1. The zero-order chi connectivity index (χ0) is 22.1. The molecule has 1 atom stereocenters. The summed E-state index contributed by atoms with van der Waals surface area (Å²) in [5, 5.41) is 11.3. The Morgan fingerprint density at radius 2 is 1.97 bits per heavy atom. The van der Waals surface area contributed by atoms with E-state index in [0.717, 1.165) is 16.8 Å². The third-order valence-electron chi connectivity index (χ3n) is 6.26. The SMILES string of the molecule is NC1CCN(c2c(F)cc3c(=O)c(C(=O)O)cn4c3c2Oc2c-4ccc3ccccc23)C1.